The van der Waals surface area contributed by atoms with Crippen LogP contribution in [0.25, 0.3) is 0 Å². The van der Waals surface area contributed by atoms with Crippen molar-refractivity contribution in [2.45, 2.75) is 6.32 Å². The van der Waals surface area contributed by atoms with Crippen LogP contribution in [-0.4, -0.2) is 33.2 Å². The van der Waals surface area contributed by atoms with E-state index in [1.165, 1.54) is 0 Å². The molecule has 2 radical (unpaired) electrons. The van der Waals surface area contributed by atoms with Crippen molar-refractivity contribution in [3.63, 3.8) is 0 Å². The molecule has 0 aliphatic heterocycles. The first-order valence-corrected chi connectivity index (χ1v) is 6.00. The normalized spacial score (nSPS) is 11.3. The summed E-state index contributed by atoms with van der Waals surface area (Å²) in [6, 6.07) is 7.08. The van der Waals surface area contributed by atoms with Gasteiger partial charge in [-0.05, 0) is 11.6 Å². The Bertz CT molecular complexity index is 416. The van der Waals surface area contributed by atoms with Crippen LogP contribution in [0.1, 0.15) is 5.56 Å². The third-order valence-electron chi connectivity index (χ3n) is 1.79. The minimum Gasteiger partial charge on any atom is -0.492 e. The molecule has 0 aliphatic carbocycles. The molecule has 0 fully saturated rings. The third kappa shape index (κ3) is 4.35. The van der Waals surface area contributed by atoms with Gasteiger partial charge in [0.05, 0.1) is 7.85 Å². The smallest absolute Gasteiger partial charge is 0.268 e. The maximum Gasteiger partial charge on any atom is 0.268 e. The molecule has 0 bridgehead atoms. The average molecular weight is 226 g/mol. The molecule has 15 heavy (non-hydrogen) atoms. The van der Waals surface area contributed by atoms with Crippen molar-refractivity contribution in [1.82, 2.24) is 0 Å². The summed E-state index contributed by atoms with van der Waals surface area (Å²) in [6.45, 7) is -0.0875. The molecule has 0 atom stereocenters. The SMILES string of the molecule is [B]Cc1ccccc1OCCS(=O)(=O)O. The number of benzene rings is 1. The van der Waals surface area contributed by atoms with Gasteiger partial charge in [-0.2, -0.15) is 8.42 Å². The second-order valence-corrected chi connectivity index (χ2v) is 4.52. The Balaban J connectivity index is 2.58. The minimum atomic E-state index is -3.97. The van der Waals surface area contributed by atoms with Gasteiger partial charge in [-0.1, -0.05) is 24.5 Å². The van der Waals surface area contributed by atoms with Crippen molar-refractivity contribution in [3.05, 3.63) is 29.8 Å². The van der Waals surface area contributed by atoms with E-state index < -0.39 is 15.9 Å². The highest BCUT2D eigenvalue weighted by molar-refractivity contribution is 7.85. The van der Waals surface area contributed by atoms with E-state index in [0.29, 0.717) is 12.1 Å². The van der Waals surface area contributed by atoms with E-state index >= 15 is 0 Å². The molecule has 0 saturated carbocycles. The van der Waals surface area contributed by atoms with Gasteiger partial charge >= 0.3 is 0 Å². The lowest BCUT2D eigenvalue weighted by Crippen LogP contribution is -2.13. The van der Waals surface area contributed by atoms with Gasteiger partial charge in [0.1, 0.15) is 18.1 Å². The summed E-state index contributed by atoms with van der Waals surface area (Å²) in [5.74, 6) is 0.120. The highest BCUT2D eigenvalue weighted by Gasteiger charge is 2.06. The molecular formula is C9H11BO4S. The van der Waals surface area contributed by atoms with Crippen LogP contribution in [-0.2, 0) is 16.4 Å². The Hall–Kier alpha value is -1.01. The monoisotopic (exact) mass is 226 g/mol. The van der Waals surface area contributed by atoms with Crippen LogP contribution in [0.4, 0.5) is 0 Å². The van der Waals surface area contributed by atoms with Crippen LogP contribution in [0, 0.1) is 0 Å². The summed E-state index contributed by atoms with van der Waals surface area (Å²) in [6.07, 6.45) is 0.321. The molecule has 0 saturated heterocycles. The van der Waals surface area contributed by atoms with Gasteiger partial charge in [-0.15, -0.1) is 0 Å². The van der Waals surface area contributed by atoms with E-state index in [9.17, 15) is 8.42 Å². The van der Waals surface area contributed by atoms with Crippen molar-refractivity contribution in [1.29, 1.82) is 0 Å². The third-order valence-corrected chi connectivity index (χ3v) is 2.47. The molecule has 0 heterocycles. The van der Waals surface area contributed by atoms with Crippen LogP contribution >= 0.6 is 0 Å². The van der Waals surface area contributed by atoms with E-state index in [1.54, 1.807) is 18.2 Å². The number of rotatable bonds is 5. The largest absolute Gasteiger partial charge is 0.492 e. The van der Waals surface area contributed by atoms with Crippen molar-refractivity contribution < 1.29 is 17.7 Å². The van der Waals surface area contributed by atoms with E-state index in [0.717, 1.165) is 5.56 Å². The molecule has 0 amide bonds. The second kappa shape index (κ2) is 5.18. The molecule has 0 unspecified atom stereocenters. The predicted octanol–water partition coefficient (Wildman–Crippen LogP) is 0.622. The van der Waals surface area contributed by atoms with Crippen LogP contribution in [0.5, 0.6) is 5.75 Å². The van der Waals surface area contributed by atoms with Gasteiger partial charge in [0.15, 0.2) is 0 Å². The molecule has 6 heteroatoms. The summed E-state index contributed by atoms with van der Waals surface area (Å²) in [7, 11) is 1.49. The van der Waals surface area contributed by atoms with E-state index in [1.807, 2.05) is 6.07 Å². The maximum atomic E-state index is 10.4. The van der Waals surface area contributed by atoms with E-state index in [4.69, 9.17) is 17.1 Å². The van der Waals surface area contributed by atoms with Gasteiger partial charge < -0.3 is 4.74 Å². The van der Waals surface area contributed by atoms with Crippen LogP contribution in [0.2, 0.25) is 0 Å². The minimum absolute atomic E-state index is 0.0875. The molecule has 1 N–H and O–H groups in total. The first-order chi connectivity index (χ1) is 7.03. The molecule has 0 spiro atoms. The molecule has 1 aromatic carbocycles. The van der Waals surface area contributed by atoms with Gasteiger partial charge in [0, 0.05) is 0 Å². The van der Waals surface area contributed by atoms with E-state index in [-0.39, 0.29) is 6.61 Å². The Labute approximate surface area is 90.4 Å². The lowest BCUT2D eigenvalue weighted by Gasteiger charge is -2.08. The second-order valence-electron chi connectivity index (χ2n) is 2.95. The van der Waals surface area contributed by atoms with Gasteiger partial charge in [-0.25, -0.2) is 0 Å². The number of hydrogen-bond donors (Lipinski definition) is 1. The zero-order chi connectivity index (χ0) is 11.3. The summed E-state index contributed by atoms with van der Waals surface area (Å²) in [5, 5.41) is 0. The molecule has 0 aromatic heterocycles. The van der Waals surface area contributed by atoms with Crippen molar-refractivity contribution in [2.75, 3.05) is 12.4 Å². The van der Waals surface area contributed by atoms with Crippen LogP contribution < -0.4 is 4.74 Å². The van der Waals surface area contributed by atoms with Crippen molar-refractivity contribution in [3.8, 4) is 5.75 Å². The van der Waals surface area contributed by atoms with Crippen molar-refractivity contribution >= 4 is 18.0 Å². The summed E-state index contributed by atoms with van der Waals surface area (Å²) >= 11 is 0. The Morgan fingerprint density at radius 2 is 2.00 bits per heavy atom. The van der Waals surface area contributed by atoms with Gasteiger partial charge in [-0.3, -0.25) is 4.55 Å². The molecule has 0 aliphatic rings. The van der Waals surface area contributed by atoms with Gasteiger partial charge in [0.25, 0.3) is 10.1 Å². The van der Waals surface area contributed by atoms with Gasteiger partial charge in [0.2, 0.25) is 0 Å². The first kappa shape index (κ1) is 12.1. The lowest BCUT2D eigenvalue weighted by molar-refractivity contribution is 0.333. The average Bonchev–Trinajstić information content (AvgIpc) is 2.16. The topological polar surface area (TPSA) is 63.6 Å². The Kier molecular flexibility index (Phi) is 4.17. The highest BCUT2D eigenvalue weighted by Crippen LogP contribution is 2.17. The van der Waals surface area contributed by atoms with Crippen LogP contribution in [0.3, 0.4) is 0 Å². The summed E-state index contributed by atoms with van der Waals surface area (Å²) in [4.78, 5) is 0. The standard InChI is InChI=1S/C9H11BO4S/c10-7-8-3-1-2-4-9(8)14-5-6-15(11,12)13/h1-4H,5-7H2,(H,11,12,13). The molecule has 1 rings (SSSR count). The quantitative estimate of drug-likeness (QED) is 0.590. The predicted molar refractivity (Wildman–Crippen MR) is 57.8 cm³/mol. The van der Waals surface area contributed by atoms with E-state index in [2.05, 4.69) is 0 Å². The Morgan fingerprint density at radius 3 is 2.60 bits per heavy atom. The number of hydrogen-bond acceptors (Lipinski definition) is 3. The van der Waals surface area contributed by atoms with Crippen molar-refractivity contribution in [2.24, 2.45) is 0 Å². The van der Waals surface area contributed by atoms with Crippen LogP contribution in [0.15, 0.2) is 24.3 Å². The fraction of sp³-hybridized carbons (Fsp3) is 0.333. The first-order valence-electron chi connectivity index (χ1n) is 4.39. The summed E-state index contributed by atoms with van der Waals surface area (Å²) in [5.41, 5.74) is 0.799. The zero-order valence-electron chi connectivity index (χ0n) is 8.09. The highest BCUT2D eigenvalue weighted by atomic mass is 32.2. The molecule has 80 valence electrons. The number of para-hydroxylation sites is 1. The fourth-order valence-electron chi connectivity index (χ4n) is 1.07. The Morgan fingerprint density at radius 1 is 1.33 bits per heavy atom. The molecule has 1 aromatic rings. The number of ether oxygens (including phenoxy) is 1. The maximum absolute atomic E-state index is 10.4. The fourth-order valence-corrected chi connectivity index (χ4v) is 1.36. The lowest BCUT2D eigenvalue weighted by atomic mass is 9.96. The zero-order valence-corrected chi connectivity index (χ0v) is 8.90. The molecular weight excluding hydrogens is 215 g/mol. The summed E-state index contributed by atoms with van der Waals surface area (Å²) < 4.78 is 34.5. The molecule has 4 nitrogen and oxygen atoms in total.